The topological polar surface area (TPSA) is 98.2 Å². The molecule has 3 aliphatic rings. The number of rotatable bonds is 7. The van der Waals surface area contributed by atoms with Crippen LogP contribution in [0.2, 0.25) is 0 Å². The van der Waals surface area contributed by atoms with E-state index in [9.17, 15) is 24.6 Å². The van der Waals surface area contributed by atoms with Crippen molar-refractivity contribution in [1.82, 2.24) is 9.80 Å². The highest BCUT2D eigenvalue weighted by Crippen LogP contribution is 2.71. The number of nitrogens with zero attached hydrogens (tertiary/aromatic N) is 2. The van der Waals surface area contributed by atoms with Crippen molar-refractivity contribution in [2.24, 2.45) is 11.8 Å². The number of amides is 2. The van der Waals surface area contributed by atoms with Crippen molar-refractivity contribution in [3.63, 3.8) is 0 Å². The van der Waals surface area contributed by atoms with Gasteiger partial charge in [0, 0.05) is 17.3 Å². The van der Waals surface area contributed by atoms with Crippen LogP contribution >= 0.6 is 11.8 Å². The number of carbonyl (C=O) groups is 3. The average Bonchev–Trinajstić information content (AvgIpc) is 3.19. The Balaban J connectivity index is 2.13. The molecule has 0 aliphatic carbocycles. The van der Waals surface area contributed by atoms with Crippen LogP contribution in [0.1, 0.15) is 40.5 Å². The molecular formula is C20H30N2O5S. The van der Waals surface area contributed by atoms with Crippen molar-refractivity contribution in [2.75, 3.05) is 13.2 Å². The minimum Gasteiger partial charge on any atom is -0.481 e. The van der Waals surface area contributed by atoms with Crippen LogP contribution in [-0.2, 0) is 14.4 Å². The second kappa shape index (κ2) is 7.06. The summed E-state index contributed by atoms with van der Waals surface area (Å²) in [5, 5.41) is 19.7. The highest BCUT2D eigenvalue weighted by atomic mass is 32.2. The summed E-state index contributed by atoms with van der Waals surface area (Å²) in [7, 11) is 0. The zero-order valence-corrected chi connectivity index (χ0v) is 17.7. The molecular weight excluding hydrogens is 380 g/mol. The van der Waals surface area contributed by atoms with Gasteiger partial charge in [-0.1, -0.05) is 6.08 Å². The molecule has 8 heteroatoms. The molecule has 28 heavy (non-hydrogen) atoms. The van der Waals surface area contributed by atoms with Gasteiger partial charge in [0.05, 0.1) is 29.2 Å². The predicted molar refractivity (Wildman–Crippen MR) is 107 cm³/mol. The van der Waals surface area contributed by atoms with Crippen molar-refractivity contribution in [2.45, 2.75) is 68.2 Å². The molecule has 0 saturated carbocycles. The van der Waals surface area contributed by atoms with Gasteiger partial charge in [-0.25, -0.2) is 0 Å². The maximum Gasteiger partial charge on any atom is 0.308 e. The van der Waals surface area contributed by atoms with E-state index in [0.29, 0.717) is 19.4 Å². The molecule has 0 aromatic heterocycles. The zero-order chi connectivity index (χ0) is 21.0. The number of aliphatic carboxylic acids is 1. The Morgan fingerprint density at radius 1 is 1.39 bits per heavy atom. The van der Waals surface area contributed by atoms with Crippen molar-refractivity contribution in [1.29, 1.82) is 0 Å². The van der Waals surface area contributed by atoms with E-state index in [1.54, 1.807) is 17.9 Å². The largest absolute Gasteiger partial charge is 0.481 e. The fourth-order valence-electron chi connectivity index (χ4n) is 5.43. The number of aliphatic hydroxyl groups is 1. The van der Waals surface area contributed by atoms with Crippen LogP contribution in [-0.4, -0.2) is 78.6 Å². The molecule has 7 nitrogen and oxygen atoms in total. The Morgan fingerprint density at radius 2 is 2.04 bits per heavy atom. The standard InChI is InChI=1S/C20H30N2O5S/c1-6-9-21(11(2)3)17(25)15-20-8-7-19(5,28-20)14(18(26)27)13(20)16(24)22(15)12(4)10-23/h6,11-15,23H,1,7-10H2,2-5H3,(H,26,27)/t12-,13+,14-,15?,19+,20?/m1/s1. The first-order valence-electron chi connectivity index (χ1n) is 9.83. The molecule has 2 N–H and O–H groups in total. The smallest absolute Gasteiger partial charge is 0.308 e. The van der Waals surface area contributed by atoms with Gasteiger partial charge in [0.2, 0.25) is 11.8 Å². The molecule has 0 aromatic rings. The first kappa shape index (κ1) is 21.2. The number of likely N-dealkylation sites (tertiary alicyclic amines) is 1. The maximum atomic E-state index is 13.7. The Kier molecular flexibility index (Phi) is 5.34. The van der Waals surface area contributed by atoms with Crippen LogP contribution < -0.4 is 0 Å². The second-order valence-corrected chi connectivity index (χ2v) is 10.6. The van der Waals surface area contributed by atoms with Gasteiger partial charge < -0.3 is 20.0 Å². The monoisotopic (exact) mass is 410 g/mol. The fraction of sp³-hybridized carbons (Fsp3) is 0.750. The van der Waals surface area contributed by atoms with Crippen LogP contribution in [0.25, 0.3) is 0 Å². The summed E-state index contributed by atoms with van der Waals surface area (Å²) in [6.07, 6.45) is 2.94. The van der Waals surface area contributed by atoms with Crippen LogP contribution in [0.3, 0.4) is 0 Å². The van der Waals surface area contributed by atoms with E-state index >= 15 is 0 Å². The van der Waals surface area contributed by atoms with Crippen molar-refractivity contribution >= 4 is 29.5 Å². The Labute approximate surface area is 170 Å². The molecule has 2 unspecified atom stereocenters. The summed E-state index contributed by atoms with van der Waals surface area (Å²) in [4.78, 5) is 42.4. The van der Waals surface area contributed by atoms with Gasteiger partial charge in [-0.05, 0) is 40.5 Å². The third-order valence-corrected chi connectivity index (χ3v) is 8.67. The number of hydrogen-bond donors (Lipinski definition) is 2. The van der Waals surface area contributed by atoms with Gasteiger partial charge in [0.25, 0.3) is 0 Å². The average molecular weight is 411 g/mol. The van der Waals surface area contributed by atoms with Crippen molar-refractivity contribution < 1.29 is 24.6 Å². The summed E-state index contributed by atoms with van der Waals surface area (Å²) in [5.74, 6) is -3.04. The van der Waals surface area contributed by atoms with E-state index in [1.807, 2.05) is 20.8 Å². The molecule has 3 saturated heterocycles. The van der Waals surface area contributed by atoms with E-state index in [0.717, 1.165) is 0 Å². The minimum atomic E-state index is -0.980. The Hall–Kier alpha value is -1.54. The Bertz CT molecular complexity index is 713. The summed E-state index contributed by atoms with van der Waals surface area (Å²) in [6.45, 7) is 11.2. The van der Waals surface area contributed by atoms with Crippen molar-refractivity contribution in [3.8, 4) is 0 Å². The number of carboxylic acids is 1. The lowest BCUT2D eigenvalue weighted by Gasteiger charge is -2.40. The van der Waals surface area contributed by atoms with Gasteiger partial charge in [0.1, 0.15) is 6.04 Å². The molecule has 0 radical (unpaired) electrons. The number of carbonyl (C=O) groups excluding carboxylic acids is 2. The number of hydrogen-bond acceptors (Lipinski definition) is 5. The SMILES string of the molecule is C=CCN(C(=O)C1N([C@H](C)CO)C(=O)[C@@H]2[C@H](C(=O)O)[C@]3(C)CCC12S3)C(C)C. The number of aliphatic hydroxyl groups excluding tert-OH is 1. The summed E-state index contributed by atoms with van der Waals surface area (Å²) < 4.78 is -1.32. The molecule has 0 aromatic carbocycles. The van der Waals surface area contributed by atoms with Crippen LogP contribution in [0.5, 0.6) is 0 Å². The Morgan fingerprint density at radius 3 is 2.54 bits per heavy atom. The molecule has 3 heterocycles. The highest BCUT2D eigenvalue weighted by Gasteiger charge is 2.77. The van der Waals surface area contributed by atoms with E-state index in [1.165, 1.54) is 16.7 Å². The number of fused-ring (bicyclic) bond motifs is 1. The molecule has 2 amide bonds. The van der Waals surface area contributed by atoms with E-state index in [2.05, 4.69) is 6.58 Å². The van der Waals surface area contributed by atoms with Gasteiger partial charge in [-0.2, -0.15) is 0 Å². The molecule has 3 aliphatic heterocycles. The maximum absolute atomic E-state index is 13.7. The predicted octanol–water partition coefficient (Wildman–Crippen LogP) is 1.36. The van der Waals surface area contributed by atoms with E-state index in [-0.39, 0.29) is 24.5 Å². The van der Waals surface area contributed by atoms with Gasteiger partial charge in [-0.3, -0.25) is 14.4 Å². The quantitative estimate of drug-likeness (QED) is 0.615. The van der Waals surface area contributed by atoms with Crippen LogP contribution in [0.15, 0.2) is 12.7 Å². The van der Waals surface area contributed by atoms with Gasteiger partial charge in [0.15, 0.2) is 0 Å². The minimum absolute atomic E-state index is 0.0863. The molecule has 3 rings (SSSR count). The lowest BCUT2D eigenvalue weighted by Crippen LogP contribution is -2.58. The normalized spacial score (nSPS) is 37.3. The van der Waals surface area contributed by atoms with Crippen molar-refractivity contribution in [3.05, 3.63) is 12.7 Å². The summed E-state index contributed by atoms with van der Waals surface area (Å²) in [5.41, 5.74) is 0. The summed E-state index contributed by atoms with van der Waals surface area (Å²) in [6, 6.07) is -1.41. The fourth-order valence-corrected chi connectivity index (χ4v) is 7.76. The summed E-state index contributed by atoms with van der Waals surface area (Å²) >= 11 is 1.51. The molecule has 156 valence electrons. The number of thioether (sulfide) groups is 1. The second-order valence-electron chi connectivity index (χ2n) is 8.72. The zero-order valence-electron chi connectivity index (χ0n) is 16.9. The lowest BCUT2D eigenvalue weighted by atomic mass is 9.66. The molecule has 3 fully saturated rings. The van der Waals surface area contributed by atoms with E-state index < -0.39 is 39.4 Å². The highest BCUT2D eigenvalue weighted by molar-refractivity contribution is 8.02. The molecule has 2 bridgehead atoms. The molecule has 1 spiro atoms. The first-order valence-corrected chi connectivity index (χ1v) is 10.6. The molecule has 6 atom stereocenters. The third-order valence-electron chi connectivity index (χ3n) is 6.69. The third kappa shape index (κ3) is 2.71. The first-order chi connectivity index (χ1) is 13.1. The van der Waals surface area contributed by atoms with E-state index in [4.69, 9.17) is 0 Å². The van der Waals surface area contributed by atoms with Gasteiger partial charge in [-0.15, -0.1) is 18.3 Å². The van der Waals surface area contributed by atoms with Gasteiger partial charge >= 0.3 is 5.97 Å². The van der Waals surface area contributed by atoms with Crippen LogP contribution in [0, 0.1) is 11.8 Å². The lowest BCUT2D eigenvalue weighted by molar-refractivity contribution is -0.151. The number of carboxylic acid groups (broad SMARTS) is 1. The van der Waals surface area contributed by atoms with Crippen LogP contribution in [0.4, 0.5) is 0 Å².